The number of benzene rings is 1. The maximum Gasteiger partial charge on any atom is 0.220 e. The van der Waals surface area contributed by atoms with Gasteiger partial charge in [-0.3, -0.25) is 4.79 Å². The first-order chi connectivity index (χ1) is 11.5. The molecule has 4 nitrogen and oxygen atoms in total. The summed E-state index contributed by atoms with van der Waals surface area (Å²) in [5.41, 5.74) is 2.53. The van der Waals surface area contributed by atoms with Gasteiger partial charge < -0.3 is 15.3 Å². The maximum atomic E-state index is 11.9. The van der Waals surface area contributed by atoms with Crippen LogP contribution in [0.5, 0.6) is 0 Å². The lowest BCUT2D eigenvalue weighted by molar-refractivity contribution is -0.121. The molecule has 134 valence electrons. The number of aliphatic hydroxyl groups is 1. The Morgan fingerprint density at radius 2 is 1.96 bits per heavy atom. The molecule has 0 radical (unpaired) electrons. The van der Waals surface area contributed by atoms with Crippen LogP contribution in [0.2, 0.25) is 0 Å². The van der Waals surface area contributed by atoms with E-state index in [0.29, 0.717) is 19.5 Å². The normalized spacial score (nSPS) is 17.6. The summed E-state index contributed by atoms with van der Waals surface area (Å²) in [4.78, 5) is 14.2. The van der Waals surface area contributed by atoms with Gasteiger partial charge in [-0.2, -0.15) is 0 Å². The van der Waals surface area contributed by atoms with Gasteiger partial charge in [-0.25, -0.2) is 0 Å². The number of carbonyl (C=O) groups excluding carboxylic acids is 1. The van der Waals surface area contributed by atoms with Crippen molar-refractivity contribution in [1.82, 2.24) is 10.2 Å². The monoisotopic (exact) mass is 332 g/mol. The zero-order valence-corrected chi connectivity index (χ0v) is 15.1. The third kappa shape index (κ3) is 7.02. The molecule has 1 atom stereocenters. The molecule has 2 rings (SSSR count). The summed E-state index contributed by atoms with van der Waals surface area (Å²) in [6, 6.07) is 8.45. The molecular formula is C20H32N2O2. The number of aryl methyl sites for hydroxylation is 2. The molecule has 1 fully saturated rings. The van der Waals surface area contributed by atoms with Crippen molar-refractivity contribution < 1.29 is 9.90 Å². The molecule has 0 saturated carbocycles. The smallest absolute Gasteiger partial charge is 0.220 e. The highest BCUT2D eigenvalue weighted by Gasteiger charge is 2.18. The van der Waals surface area contributed by atoms with Gasteiger partial charge in [0.25, 0.3) is 0 Å². The molecule has 0 aromatic heterocycles. The van der Waals surface area contributed by atoms with Gasteiger partial charge in [0.15, 0.2) is 0 Å². The third-order valence-electron chi connectivity index (χ3n) is 4.87. The number of hydrogen-bond donors (Lipinski definition) is 2. The van der Waals surface area contributed by atoms with E-state index in [1.807, 2.05) is 0 Å². The average molecular weight is 332 g/mol. The van der Waals surface area contributed by atoms with Crippen LogP contribution in [0.4, 0.5) is 0 Å². The molecule has 1 unspecified atom stereocenters. The van der Waals surface area contributed by atoms with Gasteiger partial charge in [0.2, 0.25) is 5.91 Å². The van der Waals surface area contributed by atoms with Crippen molar-refractivity contribution in [3.05, 3.63) is 35.4 Å². The van der Waals surface area contributed by atoms with Crippen LogP contribution in [0.3, 0.4) is 0 Å². The van der Waals surface area contributed by atoms with Crippen LogP contribution in [-0.4, -0.2) is 48.2 Å². The van der Waals surface area contributed by atoms with Crippen LogP contribution in [-0.2, 0) is 11.2 Å². The lowest BCUT2D eigenvalue weighted by atomic mass is 9.99. The van der Waals surface area contributed by atoms with Crippen LogP contribution in [0, 0.1) is 12.8 Å². The molecule has 0 bridgehead atoms. The van der Waals surface area contributed by atoms with Gasteiger partial charge in [-0.15, -0.1) is 0 Å². The molecule has 1 heterocycles. The van der Waals surface area contributed by atoms with Crippen LogP contribution < -0.4 is 5.32 Å². The van der Waals surface area contributed by atoms with Crippen molar-refractivity contribution in [2.75, 3.05) is 26.2 Å². The number of likely N-dealkylation sites (tertiary alicyclic amines) is 1. The summed E-state index contributed by atoms with van der Waals surface area (Å²) < 4.78 is 0. The number of rotatable bonds is 8. The molecule has 1 aromatic carbocycles. The predicted octanol–water partition coefficient (Wildman–Crippen LogP) is 2.53. The minimum atomic E-state index is -0.473. The van der Waals surface area contributed by atoms with Crippen molar-refractivity contribution in [3.8, 4) is 0 Å². The summed E-state index contributed by atoms with van der Waals surface area (Å²) in [6.07, 6.45) is 4.22. The van der Waals surface area contributed by atoms with Gasteiger partial charge in [0.05, 0.1) is 6.10 Å². The van der Waals surface area contributed by atoms with E-state index in [9.17, 15) is 9.90 Å². The van der Waals surface area contributed by atoms with Gasteiger partial charge in [0.1, 0.15) is 0 Å². The Bertz CT molecular complexity index is 493. The minimum Gasteiger partial charge on any atom is -0.390 e. The van der Waals surface area contributed by atoms with E-state index in [1.54, 1.807) is 0 Å². The topological polar surface area (TPSA) is 52.6 Å². The number of piperidine rings is 1. The van der Waals surface area contributed by atoms with E-state index in [-0.39, 0.29) is 5.91 Å². The molecule has 0 spiro atoms. The number of amides is 1. The van der Waals surface area contributed by atoms with E-state index in [2.05, 4.69) is 48.3 Å². The Morgan fingerprint density at radius 1 is 1.29 bits per heavy atom. The van der Waals surface area contributed by atoms with Crippen molar-refractivity contribution >= 4 is 5.91 Å². The Morgan fingerprint density at radius 3 is 2.62 bits per heavy atom. The second kappa shape index (κ2) is 9.80. The van der Waals surface area contributed by atoms with Crippen LogP contribution in [0.25, 0.3) is 0 Å². The highest BCUT2D eigenvalue weighted by molar-refractivity contribution is 5.75. The summed E-state index contributed by atoms with van der Waals surface area (Å²) in [6.45, 7) is 7.49. The molecule has 1 aliphatic rings. The molecule has 0 aliphatic carbocycles. The largest absolute Gasteiger partial charge is 0.390 e. The van der Waals surface area contributed by atoms with Crippen molar-refractivity contribution in [1.29, 1.82) is 0 Å². The fraction of sp³-hybridized carbons (Fsp3) is 0.650. The van der Waals surface area contributed by atoms with Gasteiger partial charge in [-0.05, 0) is 57.2 Å². The van der Waals surface area contributed by atoms with Gasteiger partial charge in [0, 0.05) is 19.5 Å². The number of nitrogens with zero attached hydrogens (tertiary/aromatic N) is 1. The first kappa shape index (κ1) is 18.9. The van der Waals surface area contributed by atoms with Crippen LogP contribution in [0.1, 0.15) is 43.7 Å². The molecule has 1 saturated heterocycles. The Balaban J connectivity index is 1.56. The highest BCUT2D eigenvalue weighted by atomic mass is 16.3. The molecule has 1 amide bonds. The minimum absolute atomic E-state index is 0.0356. The third-order valence-corrected chi connectivity index (χ3v) is 4.87. The van der Waals surface area contributed by atoms with E-state index in [4.69, 9.17) is 0 Å². The van der Waals surface area contributed by atoms with Crippen LogP contribution >= 0.6 is 0 Å². The number of β-amino-alcohol motifs (C(OH)–C–C–N with tert-alkyl or cyclic N) is 1. The molecule has 4 heteroatoms. The van der Waals surface area contributed by atoms with Crippen molar-refractivity contribution in [3.63, 3.8) is 0 Å². The summed E-state index contributed by atoms with van der Waals surface area (Å²) >= 11 is 0. The average Bonchev–Trinajstić information content (AvgIpc) is 2.57. The summed E-state index contributed by atoms with van der Waals surface area (Å²) in [5.74, 6) is 0.833. The molecular weight excluding hydrogens is 300 g/mol. The number of aliphatic hydroxyl groups excluding tert-OH is 1. The molecule has 2 N–H and O–H groups in total. The fourth-order valence-corrected chi connectivity index (χ4v) is 3.14. The zero-order chi connectivity index (χ0) is 17.4. The highest BCUT2D eigenvalue weighted by Crippen LogP contribution is 2.15. The summed E-state index contributed by atoms with van der Waals surface area (Å²) in [7, 11) is 0. The quantitative estimate of drug-likeness (QED) is 0.769. The van der Waals surface area contributed by atoms with E-state index in [1.165, 1.54) is 24.0 Å². The second-order valence-corrected chi connectivity index (χ2v) is 7.28. The fourth-order valence-electron chi connectivity index (χ4n) is 3.14. The van der Waals surface area contributed by atoms with Crippen molar-refractivity contribution in [2.45, 2.75) is 52.1 Å². The molecule has 1 aliphatic heterocycles. The Hall–Kier alpha value is -1.39. The van der Waals surface area contributed by atoms with E-state index < -0.39 is 6.10 Å². The predicted molar refractivity (Wildman–Crippen MR) is 98.0 cm³/mol. The van der Waals surface area contributed by atoms with Crippen molar-refractivity contribution in [2.24, 2.45) is 5.92 Å². The summed E-state index contributed by atoms with van der Waals surface area (Å²) in [5, 5.41) is 12.9. The first-order valence-corrected chi connectivity index (χ1v) is 9.25. The van der Waals surface area contributed by atoms with E-state index in [0.717, 1.165) is 31.8 Å². The maximum absolute atomic E-state index is 11.9. The molecule has 24 heavy (non-hydrogen) atoms. The second-order valence-electron chi connectivity index (χ2n) is 7.28. The first-order valence-electron chi connectivity index (χ1n) is 9.25. The standard InChI is InChI=1S/C20H32N2O2/c1-16-6-8-18(9-7-16)4-3-5-20(24)21-14-19(23)15-22-12-10-17(2)11-13-22/h6-9,17,19,23H,3-5,10-15H2,1-2H3,(H,21,24). The number of nitrogens with one attached hydrogen (secondary N) is 1. The van der Waals surface area contributed by atoms with Gasteiger partial charge >= 0.3 is 0 Å². The SMILES string of the molecule is Cc1ccc(CCCC(=O)NCC(O)CN2CCC(C)CC2)cc1. The van der Waals surface area contributed by atoms with Crippen LogP contribution in [0.15, 0.2) is 24.3 Å². The lowest BCUT2D eigenvalue weighted by Gasteiger charge is -2.31. The number of carbonyl (C=O) groups is 1. The Labute approximate surface area is 146 Å². The van der Waals surface area contributed by atoms with Gasteiger partial charge in [-0.1, -0.05) is 36.8 Å². The zero-order valence-electron chi connectivity index (χ0n) is 15.1. The van der Waals surface area contributed by atoms with E-state index >= 15 is 0 Å². The molecule has 1 aromatic rings. The Kier molecular flexibility index (Phi) is 7.73. The number of hydrogen-bond acceptors (Lipinski definition) is 3. The lowest BCUT2D eigenvalue weighted by Crippen LogP contribution is -2.43.